The molecule has 194 valence electrons. The number of nitrogens with one attached hydrogen (secondary N) is 3. The Balaban J connectivity index is 1.34. The molecule has 1 aliphatic heterocycles. The summed E-state index contributed by atoms with van der Waals surface area (Å²) in [5.74, 6) is 0.611. The number of benzene rings is 1. The smallest absolute Gasteiger partial charge is 0.318 e. The van der Waals surface area contributed by atoms with Crippen molar-refractivity contribution in [3.05, 3.63) is 47.2 Å². The Labute approximate surface area is 214 Å². The van der Waals surface area contributed by atoms with Gasteiger partial charge in [-0.25, -0.2) is 4.79 Å². The maximum atomic E-state index is 13.6. The zero-order valence-electron chi connectivity index (χ0n) is 22.1. The summed E-state index contributed by atoms with van der Waals surface area (Å²) in [7, 11) is -1.72. The third-order valence-electron chi connectivity index (χ3n) is 8.94. The minimum Gasteiger partial charge on any atom is -0.390 e. The number of aliphatic hydroxyl groups is 1. The molecule has 2 aliphatic carbocycles. The zero-order chi connectivity index (χ0) is 25.9. The number of fused-ring (bicyclic) bond motifs is 1. The Hall–Kier alpha value is -2.65. The lowest BCUT2D eigenvalue weighted by Gasteiger charge is -2.48. The van der Waals surface area contributed by atoms with Crippen molar-refractivity contribution in [2.24, 2.45) is 0 Å². The predicted octanol–water partition coefficient (Wildman–Crippen LogP) is 5.03. The molecule has 3 aliphatic rings. The Bertz CT molecular complexity index is 1160. The number of rotatable bonds is 7. The molecule has 1 atom stereocenters. The molecule has 1 aromatic carbocycles. The lowest BCUT2D eigenvalue weighted by atomic mass is 9.83. The van der Waals surface area contributed by atoms with Crippen LogP contribution < -0.4 is 10.6 Å². The monoisotopic (exact) mass is 509 g/mol. The lowest BCUT2D eigenvalue weighted by Crippen LogP contribution is -2.52. The number of hydrogen-bond acceptors (Lipinski definition) is 4. The summed E-state index contributed by atoms with van der Waals surface area (Å²) in [6.07, 6.45) is 4.99. The van der Waals surface area contributed by atoms with Crippen LogP contribution in [0.3, 0.4) is 0 Å². The van der Waals surface area contributed by atoms with Crippen molar-refractivity contribution in [1.29, 1.82) is 0 Å². The van der Waals surface area contributed by atoms with Gasteiger partial charge in [0.05, 0.1) is 37.5 Å². The molecule has 0 radical (unpaired) electrons. The first-order valence-corrected chi connectivity index (χ1v) is 16.6. The molecule has 2 aromatic rings. The first kappa shape index (κ1) is 25.0. The van der Waals surface area contributed by atoms with Gasteiger partial charge in [-0.05, 0) is 45.1 Å². The number of carbonyl (C=O) groups excluding carboxylic acids is 2. The average Bonchev–Trinajstić information content (AvgIpc) is 3.24. The second-order valence-corrected chi connectivity index (χ2v) is 18.0. The summed E-state index contributed by atoms with van der Waals surface area (Å²) in [5, 5.41) is 24.2. The maximum Gasteiger partial charge on any atom is 0.318 e. The fourth-order valence-corrected chi connectivity index (χ4v) is 8.51. The highest BCUT2D eigenvalue weighted by Gasteiger charge is 2.54. The number of urea groups is 1. The van der Waals surface area contributed by atoms with Crippen LogP contribution in [-0.4, -0.2) is 45.8 Å². The number of hydrogen-bond donors (Lipinski definition) is 4. The van der Waals surface area contributed by atoms with Crippen LogP contribution >= 0.6 is 0 Å². The summed E-state index contributed by atoms with van der Waals surface area (Å²) in [6, 6.07) is 9.34. The van der Waals surface area contributed by atoms with Crippen LogP contribution in [-0.2, 0) is 16.9 Å². The first-order chi connectivity index (χ1) is 16.9. The van der Waals surface area contributed by atoms with Gasteiger partial charge < -0.3 is 20.6 Å². The van der Waals surface area contributed by atoms with Gasteiger partial charge in [-0.1, -0.05) is 56.4 Å². The minimum absolute atomic E-state index is 0.0738. The molecular weight excluding hydrogens is 470 g/mol. The van der Waals surface area contributed by atoms with E-state index in [9.17, 15) is 14.7 Å². The number of nitrogens with zero attached hydrogens (tertiary/aromatic N) is 2. The van der Waals surface area contributed by atoms with Gasteiger partial charge in [0.1, 0.15) is 0 Å². The Morgan fingerprint density at radius 1 is 1.14 bits per heavy atom. The Morgan fingerprint density at radius 2 is 1.81 bits per heavy atom. The van der Waals surface area contributed by atoms with E-state index in [1.54, 1.807) is 4.90 Å². The van der Waals surface area contributed by atoms with E-state index in [0.717, 1.165) is 48.9 Å². The molecule has 2 fully saturated rings. The third-order valence-corrected chi connectivity index (χ3v) is 12.5. The molecule has 2 saturated carbocycles. The molecule has 1 unspecified atom stereocenters. The van der Waals surface area contributed by atoms with Crippen molar-refractivity contribution < 1.29 is 14.7 Å². The molecule has 0 bridgehead atoms. The normalized spacial score (nSPS) is 21.8. The molecule has 1 aromatic heterocycles. The SMILES string of the molecule is CC1(C)c2[nH]nc(NC(=O)C3([Si](C)(C)C)CCC3)c2CN1C(=O)NC(CC1(O)CC1)c1ccccc1. The van der Waals surface area contributed by atoms with E-state index >= 15 is 0 Å². The predicted molar refractivity (Wildman–Crippen MR) is 142 cm³/mol. The first-order valence-electron chi connectivity index (χ1n) is 13.1. The lowest BCUT2D eigenvalue weighted by molar-refractivity contribution is -0.121. The van der Waals surface area contributed by atoms with E-state index in [1.807, 2.05) is 44.2 Å². The summed E-state index contributed by atoms with van der Waals surface area (Å²) in [5.41, 5.74) is 1.37. The van der Waals surface area contributed by atoms with Crippen LogP contribution in [0.4, 0.5) is 10.6 Å². The third kappa shape index (κ3) is 4.16. The fraction of sp³-hybridized carbons (Fsp3) is 0.593. The number of aromatic nitrogens is 2. The van der Waals surface area contributed by atoms with Gasteiger partial charge in [-0.15, -0.1) is 0 Å². The van der Waals surface area contributed by atoms with Gasteiger partial charge in [-0.3, -0.25) is 9.89 Å². The molecule has 0 saturated heterocycles. The molecule has 5 rings (SSSR count). The number of aromatic amines is 1. The Morgan fingerprint density at radius 3 is 2.36 bits per heavy atom. The van der Waals surface area contributed by atoms with E-state index in [0.29, 0.717) is 18.8 Å². The van der Waals surface area contributed by atoms with E-state index in [2.05, 4.69) is 40.5 Å². The summed E-state index contributed by atoms with van der Waals surface area (Å²) >= 11 is 0. The van der Waals surface area contributed by atoms with Gasteiger partial charge in [0, 0.05) is 17.0 Å². The highest BCUT2D eigenvalue weighted by atomic mass is 28.3. The highest BCUT2D eigenvalue weighted by molar-refractivity contribution is 6.83. The van der Waals surface area contributed by atoms with Crippen molar-refractivity contribution in [3.8, 4) is 0 Å². The summed E-state index contributed by atoms with van der Waals surface area (Å²) < 4.78 is 0. The van der Waals surface area contributed by atoms with E-state index in [-0.39, 0.29) is 23.0 Å². The number of carbonyl (C=O) groups is 2. The van der Waals surface area contributed by atoms with E-state index in [1.165, 1.54) is 0 Å². The largest absolute Gasteiger partial charge is 0.390 e. The van der Waals surface area contributed by atoms with Gasteiger partial charge in [0.15, 0.2) is 5.82 Å². The molecule has 0 spiro atoms. The van der Waals surface area contributed by atoms with Gasteiger partial charge in [0.25, 0.3) is 0 Å². The van der Waals surface area contributed by atoms with Crippen molar-refractivity contribution in [1.82, 2.24) is 20.4 Å². The molecule has 2 heterocycles. The van der Waals surface area contributed by atoms with E-state index in [4.69, 9.17) is 0 Å². The van der Waals surface area contributed by atoms with E-state index < -0.39 is 19.2 Å². The second-order valence-electron chi connectivity index (χ2n) is 12.6. The van der Waals surface area contributed by atoms with Crippen molar-refractivity contribution in [2.75, 3.05) is 5.32 Å². The molecule has 8 nitrogen and oxygen atoms in total. The van der Waals surface area contributed by atoms with Crippen LogP contribution in [0.5, 0.6) is 0 Å². The molecule has 9 heteroatoms. The van der Waals surface area contributed by atoms with Crippen molar-refractivity contribution >= 4 is 25.8 Å². The van der Waals surface area contributed by atoms with Crippen LogP contribution in [0, 0.1) is 0 Å². The molecule has 3 amide bonds. The van der Waals surface area contributed by atoms with Gasteiger partial charge >= 0.3 is 6.03 Å². The zero-order valence-corrected chi connectivity index (χ0v) is 23.1. The topological polar surface area (TPSA) is 110 Å². The number of H-pyrrole nitrogens is 1. The van der Waals surface area contributed by atoms with Gasteiger partial charge in [0.2, 0.25) is 5.91 Å². The van der Waals surface area contributed by atoms with Crippen LogP contribution in [0.1, 0.15) is 75.2 Å². The van der Waals surface area contributed by atoms with Crippen LogP contribution in [0.2, 0.25) is 24.7 Å². The number of amides is 3. The summed E-state index contributed by atoms with van der Waals surface area (Å²) in [4.78, 5) is 28.8. The number of anilines is 1. The van der Waals surface area contributed by atoms with Crippen LogP contribution in [0.25, 0.3) is 0 Å². The molecule has 4 N–H and O–H groups in total. The van der Waals surface area contributed by atoms with Gasteiger partial charge in [-0.2, -0.15) is 5.10 Å². The minimum atomic E-state index is -1.72. The maximum absolute atomic E-state index is 13.6. The highest BCUT2D eigenvalue weighted by Crippen LogP contribution is 2.56. The fourth-order valence-electron chi connectivity index (χ4n) is 5.91. The Kier molecular flexibility index (Phi) is 5.87. The van der Waals surface area contributed by atoms with Crippen molar-refractivity contribution in [2.45, 2.75) is 101 Å². The standard InChI is InChI=1S/C27H39N5O3Si/c1-25(2)21-19(22(31-30-21)29-23(33)27(12-9-13-27)36(3,4)5)17-32(25)24(34)28-20(16-26(35)14-15-26)18-10-7-6-8-11-18/h6-8,10-11,20,35H,9,12-17H2,1-5H3,(H,28,34)(H2,29,30,31,33). The molecular formula is C27H39N5O3Si. The molecule has 36 heavy (non-hydrogen) atoms. The second kappa shape index (κ2) is 8.45. The van der Waals surface area contributed by atoms with Crippen molar-refractivity contribution in [3.63, 3.8) is 0 Å². The average molecular weight is 510 g/mol. The van der Waals surface area contributed by atoms with Crippen LogP contribution in [0.15, 0.2) is 30.3 Å². The quantitative estimate of drug-likeness (QED) is 0.393. The summed E-state index contributed by atoms with van der Waals surface area (Å²) in [6.45, 7) is 11.1.